The van der Waals surface area contributed by atoms with Gasteiger partial charge in [-0.2, -0.15) is 0 Å². The number of thioether (sulfide) groups is 1. The zero-order valence-electron chi connectivity index (χ0n) is 9.76. The van der Waals surface area contributed by atoms with Crippen molar-refractivity contribution in [2.75, 3.05) is 11.9 Å². The molecule has 3 nitrogen and oxygen atoms in total. The predicted octanol–water partition coefficient (Wildman–Crippen LogP) is 3.20. The van der Waals surface area contributed by atoms with Crippen molar-refractivity contribution in [2.24, 2.45) is 0 Å². The van der Waals surface area contributed by atoms with Crippen LogP contribution < -0.4 is 5.32 Å². The van der Waals surface area contributed by atoms with Crippen LogP contribution in [-0.2, 0) is 5.75 Å². The quantitative estimate of drug-likeness (QED) is 0.648. The molecule has 0 aliphatic rings. The molecule has 2 aromatic rings. The van der Waals surface area contributed by atoms with Crippen LogP contribution in [0.3, 0.4) is 0 Å². The SMILES string of the molecule is CCNc1nccc(SCc2ccccc2)n1. The molecule has 17 heavy (non-hydrogen) atoms. The fraction of sp³-hybridized carbons (Fsp3) is 0.231. The van der Waals surface area contributed by atoms with Crippen LogP contribution in [0, 0.1) is 0 Å². The van der Waals surface area contributed by atoms with E-state index in [1.54, 1.807) is 18.0 Å². The normalized spacial score (nSPS) is 10.2. The summed E-state index contributed by atoms with van der Waals surface area (Å²) < 4.78 is 0. The van der Waals surface area contributed by atoms with Crippen LogP contribution in [-0.4, -0.2) is 16.5 Å². The molecule has 0 radical (unpaired) electrons. The lowest BCUT2D eigenvalue weighted by atomic mass is 10.2. The molecule has 1 aromatic heterocycles. The van der Waals surface area contributed by atoms with Crippen molar-refractivity contribution >= 4 is 17.7 Å². The van der Waals surface area contributed by atoms with Gasteiger partial charge in [0.15, 0.2) is 0 Å². The molecule has 1 heterocycles. The summed E-state index contributed by atoms with van der Waals surface area (Å²) in [5, 5.41) is 4.11. The van der Waals surface area contributed by atoms with Gasteiger partial charge in [0.05, 0.1) is 0 Å². The van der Waals surface area contributed by atoms with Crippen molar-refractivity contribution in [2.45, 2.75) is 17.7 Å². The number of benzene rings is 1. The van der Waals surface area contributed by atoms with Crippen molar-refractivity contribution in [3.05, 3.63) is 48.2 Å². The fourth-order valence-electron chi connectivity index (χ4n) is 1.40. The largest absolute Gasteiger partial charge is 0.354 e. The Kier molecular flexibility index (Phi) is 4.38. The number of nitrogens with one attached hydrogen (secondary N) is 1. The molecule has 0 saturated carbocycles. The molecule has 88 valence electrons. The van der Waals surface area contributed by atoms with E-state index < -0.39 is 0 Å². The fourth-order valence-corrected chi connectivity index (χ4v) is 2.21. The Hall–Kier alpha value is -1.55. The molecule has 0 aliphatic carbocycles. The zero-order valence-corrected chi connectivity index (χ0v) is 10.6. The lowest BCUT2D eigenvalue weighted by Crippen LogP contribution is -2.01. The third kappa shape index (κ3) is 3.75. The van der Waals surface area contributed by atoms with Crippen LogP contribution in [0.5, 0.6) is 0 Å². The Morgan fingerprint density at radius 2 is 2.00 bits per heavy atom. The molecule has 0 amide bonds. The molecule has 2 rings (SSSR count). The average molecular weight is 245 g/mol. The number of aromatic nitrogens is 2. The maximum absolute atomic E-state index is 4.42. The molecular weight excluding hydrogens is 230 g/mol. The minimum absolute atomic E-state index is 0.700. The van der Waals surface area contributed by atoms with Gasteiger partial charge in [0.1, 0.15) is 5.03 Å². The van der Waals surface area contributed by atoms with Gasteiger partial charge in [0.25, 0.3) is 0 Å². The van der Waals surface area contributed by atoms with Crippen LogP contribution in [0.1, 0.15) is 12.5 Å². The van der Waals surface area contributed by atoms with Gasteiger partial charge in [0, 0.05) is 18.5 Å². The minimum Gasteiger partial charge on any atom is -0.354 e. The van der Waals surface area contributed by atoms with Gasteiger partial charge in [-0.1, -0.05) is 30.3 Å². The molecule has 4 heteroatoms. The molecule has 0 fully saturated rings. The van der Waals surface area contributed by atoms with E-state index in [0.29, 0.717) is 5.95 Å². The zero-order chi connectivity index (χ0) is 11.9. The van der Waals surface area contributed by atoms with Gasteiger partial charge < -0.3 is 5.32 Å². The summed E-state index contributed by atoms with van der Waals surface area (Å²) in [4.78, 5) is 8.57. The van der Waals surface area contributed by atoms with Gasteiger partial charge in [-0.15, -0.1) is 11.8 Å². The molecule has 0 atom stereocenters. The first-order valence-electron chi connectivity index (χ1n) is 5.62. The maximum Gasteiger partial charge on any atom is 0.223 e. The van der Waals surface area contributed by atoms with Crippen molar-refractivity contribution in [1.82, 2.24) is 9.97 Å². The van der Waals surface area contributed by atoms with Crippen LogP contribution in [0.4, 0.5) is 5.95 Å². The summed E-state index contributed by atoms with van der Waals surface area (Å²) in [7, 11) is 0. The second-order valence-electron chi connectivity index (χ2n) is 3.52. The Labute approximate surface area is 106 Å². The summed E-state index contributed by atoms with van der Waals surface area (Å²) in [6, 6.07) is 12.3. The van der Waals surface area contributed by atoms with E-state index in [1.165, 1.54) is 5.56 Å². The van der Waals surface area contributed by atoms with E-state index in [-0.39, 0.29) is 0 Å². The standard InChI is InChI=1S/C13H15N3S/c1-2-14-13-15-9-8-12(16-13)17-10-11-6-4-3-5-7-11/h3-9H,2,10H2,1H3,(H,14,15,16). The first kappa shape index (κ1) is 11.9. The Morgan fingerprint density at radius 1 is 1.18 bits per heavy atom. The van der Waals surface area contributed by atoms with Crippen molar-refractivity contribution in [1.29, 1.82) is 0 Å². The molecule has 1 N–H and O–H groups in total. The molecule has 0 unspecified atom stereocenters. The molecule has 0 bridgehead atoms. The summed E-state index contributed by atoms with van der Waals surface area (Å²) in [5.74, 6) is 1.63. The van der Waals surface area contributed by atoms with Crippen LogP contribution in [0.25, 0.3) is 0 Å². The number of anilines is 1. The van der Waals surface area contributed by atoms with E-state index in [9.17, 15) is 0 Å². The second kappa shape index (κ2) is 6.25. The van der Waals surface area contributed by atoms with E-state index in [0.717, 1.165) is 17.3 Å². The highest BCUT2D eigenvalue weighted by Crippen LogP contribution is 2.20. The highest BCUT2D eigenvalue weighted by molar-refractivity contribution is 7.98. The number of hydrogen-bond acceptors (Lipinski definition) is 4. The minimum atomic E-state index is 0.700. The van der Waals surface area contributed by atoms with Gasteiger partial charge >= 0.3 is 0 Å². The molecule has 0 spiro atoms. The van der Waals surface area contributed by atoms with E-state index >= 15 is 0 Å². The summed E-state index contributed by atoms with van der Waals surface area (Å²) in [6.07, 6.45) is 1.79. The third-order valence-electron chi connectivity index (χ3n) is 2.19. The first-order chi connectivity index (χ1) is 8.38. The lowest BCUT2D eigenvalue weighted by molar-refractivity contribution is 1.01. The monoisotopic (exact) mass is 245 g/mol. The molecule has 0 saturated heterocycles. The highest BCUT2D eigenvalue weighted by atomic mass is 32.2. The van der Waals surface area contributed by atoms with E-state index in [2.05, 4.69) is 39.6 Å². The smallest absolute Gasteiger partial charge is 0.223 e. The third-order valence-corrected chi connectivity index (χ3v) is 3.20. The van der Waals surface area contributed by atoms with Gasteiger partial charge in [0.2, 0.25) is 5.95 Å². The molecule has 0 aliphatic heterocycles. The van der Waals surface area contributed by atoms with E-state index in [1.807, 2.05) is 19.1 Å². The van der Waals surface area contributed by atoms with Crippen molar-refractivity contribution in [3.8, 4) is 0 Å². The molecular formula is C13H15N3S. The molecule has 1 aromatic carbocycles. The van der Waals surface area contributed by atoms with Gasteiger partial charge in [-0.05, 0) is 18.6 Å². The Balaban J connectivity index is 1.97. The van der Waals surface area contributed by atoms with Crippen LogP contribution in [0.2, 0.25) is 0 Å². The number of nitrogens with zero attached hydrogens (tertiary/aromatic N) is 2. The highest BCUT2D eigenvalue weighted by Gasteiger charge is 1.99. The average Bonchev–Trinajstić information content (AvgIpc) is 2.39. The Bertz CT molecular complexity index is 459. The summed E-state index contributed by atoms with van der Waals surface area (Å²) >= 11 is 1.72. The maximum atomic E-state index is 4.42. The van der Waals surface area contributed by atoms with Crippen molar-refractivity contribution < 1.29 is 0 Å². The first-order valence-corrected chi connectivity index (χ1v) is 6.60. The summed E-state index contributed by atoms with van der Waals surface area (Å²) in [6.45, 7) is 2.87. The lowest BCUT2D eigenvalue weighted by Gasteiger charge is -2.04. The Morgan fingerprint density at radius 3 is 2.76 bits per heavy atom. The topological polar surface area (TPSA) is 37.8 Å². The number of rotatable bonds is 5. The van der Waals surface area contributed by atoms with Crippen LogP contribution >= 0.6 is 11.8 Å². The predicted molar refractivity (Wildman–Crippen MR) is 72.2 cm³/mol. The van der Waals surface area contributed by atoms with Gasteiger partial charge in [-0.3, -0.25) is 0 Å². The van der Waals surface area contributed by atoms with Gasteiger partial charge in [-0.25, -0.2) is 9.97 Å². The van der Waals surface area contributed by atoms with Crippen LogP contribution in [0.15, 0.2) is 47.6 Å². The van der Waals surface area contributed by atoms with Crippen molar-refractivity contribution in [3.63, 3.8) is 0 Å². The number of hydrogen-bond donors (Lipinski definition) is 1. The summed E-state index contributed by atoms with van der Waals surface area (Å²) in [5.41, 5.74) is 1.31. The van der Waals surface area contributed by atoms with E-state index in [4.69, 9.17) is 0 Å². The second-order valence-corrected chi connectivity index (χ2v) is 4.52.